The number of likely N-dealkylation sites (tertiary alicyclic amines) is 2. The lowest BCUT2D eigenvalue weighted by Crippen LogP contribution is -2.49. The number of hydrogen-bond donors (Lipinski definition) is 0. The van der Waals surface area contributed by atoms with Gasteiger partial charge in [-0.3, -0.25) is 9.48 Å². The van der Waals surface area contributed by atoms with Gasteiger partial charge in [-0.1, -0.05) is 12.1 Å². The van der Waals surface area contributed by atoms with Crippen LogP contribution in [0.4, 0.5) is 0 Å². The van der Waals surface area contributed by atoms with E-state index in [9.17, 15) is 4.79 Å². The average molecular weight is 413 g/mol. The van der Waals surface area contributed by atoms with Crippen molar-refractivity contribution in [1.29, 1.82) is 0 Å². The molecule has 0 bridgehead atoms. The number of aryl methyl sites for hydroxylation is 1. The van der Waals surface area contributed by atoms with Crippen molar-refractivity contribution in [3.63, 3.8) is 0 Å². The van der Waals surface area contributed by atoms with E-state index in [0.29, 0.717) is 17.8 Å². The predicted molar refractivity (Wildman–Crippen MR) is 116 cm³/mol. The number of methoxy groups -OCH3 is 2. The number of piperidine rings is 2. The van der Waals surface area contributed by atoms with E-state index in [4.69, 9.17) is 9.47 Å². The fraction of sp³-hybridized carbons (Fsp3) is 0.565. The summed E-state index contributed by atoms with van der Waals surface area (Å²) in [5, 5.41) is 4.57. The molecule has 30 heavy (non-hydrogen) atoms. The van der Waals surface area contributed by atoms with E-state index in [0.717, 1.165) is 68.9 Å². The van der Waals surface area contributed by atoms with Crippen molar-refractivity contribution in [1.82, 2.24) is 19.6 Å². The van der Waals surface area contributed by atoms with Gasteiger partial charge in [0.15, 0.2) is 0 Å². The Balaban J connectivity index is 1.38. The summed E-state index contributed by atoms with van der Waals surface area (Å²) in [7, 11) is 5.29. The molecular formula is C23H32N4O3. The molecule has 0 aliphatic carbocycles. The van der Waals surface area contributed by atoms with Gasteiger partial charge in [-0.25, -0.2) is 0 Å². The van der Waals surface area contributed by atoms with Crippen LogP contribution in [0.15, 0.2) is 30.3 Å². The maximum atomic E-state index is 13.2. The van der Waals surface area contributed by atoms with Crippen LogP contribution in [0.25, 0.3) is 11.3 Å². The molecule has 7 nitrogen and oxygen atoms in total. The highest BCUT2D eigenvalue weighted by atomic mass is 16.5. The number of hydrogen-bond acceptors (Lipinski definition) is 5. The Kier molecular flexibility index (Phi) is 6.39. The van der Waals surface area contributed by atoms with Crippen LogP contribution in [0.5, 0.6) is 5.75 Å². The Hall–Kier alpha value is -2.38. The molecule has 1 aromatic heterocycles. The van der Waals surface area contributed by atoms with E-state index in [2.05, 4.69) is 10.00 Å². The van der Waals surface area contributed by atoms with Gasteiger partial charge in [-0.15, -0.1) is 0 Å². The van der Waals surface area contributed by atoms with Crippen molar-refractivity contribution in [2.45, 2.75) is 37.8 Å². The number of benzene rings is 1. The molecule has 2 aliphatic heterocycles. The van der Waals surface area contributed by atoms with Crippen LogP contribution < -0.4 is 4.74 Å². The molecule has 0 spiro atoms. The highest BCUT2D eigenvalue weighted by Crippen LogP contribution is 2.26. The van der Waals surface area contributed by atoms with Crippen molar-refractivity contribution in [2.24, 2.45) is 7.05 Å². The number of amides is 1. The van der Waals surface area contributed by atoms with Gasteiger partial charge < -0.3 is 19.3 Å². The quantitative estimate of drug-likeness (QED) is 0.756. The number of carbonyl (C=O) groups excluding carboxylic acids is 1. The summed E-state index contributed by atoms with van der Waals surface area (Å²) in [5.74, 6) is 0.846. The molecule has 0 unspecified atom stereocenters. The van der Waals surface area contributed by atoms with E-state index in [1.807, 2.05) is 49.4 Å². The molecule has 2 aliphatic rings. The smallest absolute Gasteiger partial charge is 0.272 e. The molecule has 0 radical (unpaired) electrons. The molecule has 0 atom stereocenters. The zero-order valence-electron chi connectivity index (χ0n) is 18.2. The Labute approximate surface area is 178 Å². The van der Waals surface area contributed by atoms with Crippen LogP contribution in [0.3, 0.4) is 0 Å². The number of nitrogens with zero attached hydrogens (tertiary/aromatic N) is 4. The second-order valence-electron chi connectivity index (χ2n) is 8.26. The molecule has 2 fully saturated rings. The van der Waals surface area contributed by atoms with Crippen LogP contribution in [-0.4, -0.2) is 78.0 Å². The topological polar surface area (TPSA) is 59.8 Å². The monoisotopic (exact) mass is 412 g/mol. The van der Waals surface area contributed by atoms with Gasteiger partial charge in [0, 0.05) is 51.9 Å². The Morgan fingerprint density at radius 1 is 1.03 bits per heavy atom. The van der Waals surface area contributed by atoms with Gasteiger partial charge in [-0.2, -0.15) is 5.10 Å². The average Bonchev–Trinajstić information content (AvgIpc) is 3.20. The summed E-state index contributed by atoms with van der Waals surface area (Å²) >= 11 is 0. The van der Waals surface area contributed by atoms with Gasteiger partial charge in [0.25, 0.3) is 5.91 Å². The first kappa shape index (κ1) is 20.9. The maximum Gasteiger partial charge on any atom is 0.272 e. The molecule has 1 amide bonds. The zero-order chi connectivity index (χ0) is 21.1. The minimum atomic E-state index is 0.0655. The first-order valence-corrected chi connectivity index (χ1v) is 10.8. The van der Waals surface area contributed by atoms with E-state index in [1.165, 1.54) is 0 Å². The molecule has 3 heterocycles. The third-order valence-electron chi connectivity index (χ3n) is 6.54. The van der Waals surface area contributed by atoms with E-state index < -0.39 is 0 Å². The first-order valence-electron chi connectivity index (χ1n) is 10.8. The first-order chi connectivity index (χ1) is 14.6. The molecule has 7 heteroatoms. The number of carbonyl (C=O) groups is 1. The fourth-order valence-electron chi connectivity index (χ4n) is 4.66. The molecule has 1 aromatic carbocycles. The third-order valence-corrected chi connectivity index (χ3v) is 6.54. The standard InChI is InChI=1S/C23H32N4O3/c1-25-22(16-21(24-25)17-5-4-6-20(15-17)30-3)23(28)27-11-7-18(8-12-27)26-13-9-19(29-2)10-14-26/h4-6,15-16,18-19H,7-14H2,1-3H3. The maximum absolute atomic E-state index is 13.2. The van der Waals surface area contributed by atoms with Crippen molar-refractivity contribution in [3.05, 3.63) is 36.0 Å². The van der Waals surface area contributed by atoms with E-state index >= 15 is 0 Å². The summed E-state index contributed by atoms with van der Waals surface area (Å²) < 4.78 is 12.5. The predicted octanol–water partition coefficient (Wildman–Crippen LogP) is 2.81. The Morgan fingerprint density at radius 3 is 2.43 bits per heavy atom. The third kappa shape index (κ3) is 4.37. The summed E-state index contributed by atoms with van der Waals surface area (Å²) in [6, 6.07) is 10.2. The molecule has 0 N–H and O–H groups in total. The normalized spacial score (nSPS) is 19.2. The van der Waals surface area contributed by atoms with Gasteiger partial charge >= 0.3 is 0 Å². The lowest BCUT2D eigenvalue weighted by molar-refractivity contribution is 0.0144. The van der Waals surface area contributed by atoms with Gasteiger partial charge in [0.1, 0.15) is 11.4 Å². The van der Waals surface area contributed by atoms with Gasteiger partial charge in [-0.05, 0) is 43.9 Å². The summed E-state index contributed by atoms with van der Waals surface area (Å²) in [6.07, 6.45) is 4.69. The van der Waals surface area contributed by atoms with Crippen LogP contribution >= 0.6 is 0 Å². The number of rotatable bonds is 5. The van der Waals surface area contributed by atoms with Crippen molar-refractivity contribution in [2.75, 3.05) is 40.4 Å². The second-order valence-corrected chi connectivity index (χ2v) is 8.26. The van der Waals surface area contributed by atoms with Gasteiger partial charge in [0.05, 0.1) is 18.9 Å². The lowest BCUT2D eigenvalue weighted by atomic mass is 9.98. The SMILES string of the molecule is COc1cccc(-c2cc(C(=O)N3CCC(N4CCC(OC)CC4)CC3)n(C)n2)c1. The number of aromatic nitrogens is 2. The number of ether oxygens (including phenoxy) is 2. The minimum absolute atomic E-state index is 0.0655. The van der Waals surface area contributed by atoms with Crippen LogP contribution in [0.1, 0.15) is 36.2 Å². The van der Waals surface area contributed by atoms with Crippen molar-refractivity contribution < 1.29 is 14.3 Å². The highest BCUT2D eigenvalue weighted by Gasteiger charge is 2.30. The van der Waals surface area contributed by atoms with Crippen molar-refractivity contribution >= 4 is 5.91 Å². The minimum Gasteiger partial charge on any atom is -0.497 e. The van der Waals surface area contributed by atoms with Crippen molar-refractivity contribution in [3.8, 4) is 17.0 Å². The second kappa shape index (κ2) is 9.18. The summed E-state index contributed by atoms with van der Waals surface area (Å²) in [6.45, 7) is 3.80. The molecular weight excluding hydrogens is 380 g/mol. The van der Waals surface area contributed by atoms with Crippen LogP contribution in [0, 0.1) is 0 Å². The Bertz CT molecular complexity index is 865. The molecule has 162 valence electrons. The van der Waals surface area contributed by atoms with Crippen LogP contribution in [-0.2, 0) is 11.8 Å². The van der Waals surface area contributed by atoms with Crippen LogP contribution in [0.2, 0.25) is 0 Å². The van der Waals surface area contributed by atoms with Gasteiger partial charge in [0.2, 0.25) is 0 Å². The fourth-order valence-corrected chi connectivity index (χ4v) is 4.66. The highest BCUT2D eigenvalue weighted by molar-refractivity contribution is 5.93. The lowest BCUT2D eigenvalue weighted by Gasteiger charge is -2.41. The molecule has 2 saturated heterocycles. The summed E-state index contributed by atoms with van der Waals surface area (Å²) in [5.41, 5.74) is 2.37. The zero-order valence-corrected chi connectivity index (χ0v) is 18.2. The summed E-state index contributed by atoms with van der Waals surface area (Å²) in [4.78, 5) is 17.7. The molecule has 4 rings (SSSR count). The molecule has 2 aromatic rings. The largest absolute Gasteiger partial charge is 0.497 e. The van der Waals surface area contributed by atoms with E-state index in [1.54, 1.807) is 11.8 Å². The van der Waals surface area contributed by atoms with E-state index in [-0.39, 0.29) is 5.91 Å². The molecule has 0 saturated carbocycles. The Morgan fingerprint density at radius 2 is 1.77 bits per heavy atom.